The van der Waals surface area contributed by atoms with Crippen molar-refractivity contribution in [2.45, 2.75) is 13.0 Å². The smallest absolute Gasteiger partial charge is 0.226 e. The summed E-state index contributed by atoms with van der Waals surface area (Å²) >= 11 is 0. The molecule has 0 saturated heterocycles. The lowest BCUT2D eigenvalue weighted by molar-refractivity contribution is 0.547. The Hall–Kier alpha value is -2.82. The van der Waals surface area contributed by atoms with Gasteiger partial charge in [-0.1, -0.05) is 29.8 Å². The summed E-state index contributed by atoms with van der Waals surface area (Å²) in [6.45, 7) is 2.08. The van der Waals surface area contributed by atoms with E-state index in [1.807, 2.05) is 16.8 Å². The molecule has 0 saturated carbocycles. The van der Waals surface area contributed by atoms with Gasteiger partial charge in [-0.2, -0.15) is 10.1 Å². The van der Waals surface area contributed by atoms with Crippen molar-refractivity contribution in [3.8, 4) is 0 Å². The summed E-state index contributed by atoms with van der Waals surface area (Å²) in [7, 11) is 0. The molecule has 0 bridgehead atoms. The van der Waals surface area contributed by atoms with Crippen LogP contribution in [0.2, 0.25) is 0 Å². The van der Waals surface area contributed by atoms with Gasteiger partial charge in [0.25, 0.3) is 0 Å². The first-order chi connectivity index (χ1) is 10.3. The third kappa shape index (κ3) is 2.03. The maximum Gasteiger partial charge on any atom is 0.226 e. The summed E-state index contributed by atoms with van der Waals surface area (Å²) in [5, 5.41) is 7.57. The van der Waals surface area contributed by atoms with Gasteiger partial charge in [0.2, 0.25) is 5.95 Å². The van der Waals surface area contributed by atoms with Crippen LogP contribution in [0.3, 0.4) is 0 Å². The highest BCUT2D eigenvalue weighted by molar-refractivity contribution is 5.74. The molecule has 1 unspecified atom stereocenters. The van der Waals surface area contributed by atoms with Crippen LogP contribution < -0.4 is 5.32 Å². The molecule has 3 aromatic rings. The van der Waals surface area contributed by atoms with E-state index in [-0.39, 0.29) is 6.04 Å². The van der Waals surface area contributed by atoms with Crippen LogP contribution in [-0.4, -0.2) is 14.8 Å². The zero-order valence-electron chi connectivity index (χ0n) is 11.5. The molecule has 0 fully saturated rings. The average Bonchev–Trinajstić information content (AvgIpc) is 3.18. The fourth-order valence-electron chi connectivity index (χ4n) is 2.51. The molecule has 1 aliphatic rings. The molecule has 1 N–H and O–H groups in total. The summed E-state index contributed by atoms with van der Waals surface area (Å²) in [6, 6.07) is 12.3. The lowest BCUT2D eigenvalue weighted by Gasteiger charge is -2.23. The van der Waals surface area contributed by atoms with Gasteiger partial charge in [0.15, 0.2) is 0 Å². The average molecular weight is 278 g/mol. The van der Waals surface area contributed by atoms with Crippen LogP contribution >= 0.6 is 0 Å². The van der Waals surface area contributed by atoms with E-state index in [1.165, 1.54) is 5.56 Å². The number of aryl methyl sites for hydroxylation is 1. The Morgan fingerprint density at radius 2 is 2.05 bits per heavy atom. The maximum atomic E-state index is 5.48. The SMILES string of the molecule is Cc1ccc(C2C=C(c3ccco3)Nc3ncnn32)cc1. The quantitative estimate of drug-likeness (QED) is 0.782. The molecule has 3 heterocycles. The van der Waals surface area contributed by atoms with E-state index in [0.29, 0.717) is 0 Å². The minimum absolute atomic E-state index is 0.00412. The highest BCUT2D eigenvalue weighted by Crippen LogP contribution is 2.31. The fourth-order valence-corrected chi connectivity index (χ4v) is 2.51. The Bertz CT molecular complexity index is 784. The van der Waals surface area contributed by atoms with E-state index < -0.39 is 0 Å². The molecule has 21 heavy (non-hydrogen) atoms. The van der Waals surface area contributed by atoms with Gasteiger partial charge in [-0.15, -0.1) is 0 Å². The second kappa shape index (κ2) is 4.63. The van der Waals surface area contributed by atoms with E-state index >= 15 is 0 Å². The number of hydrogen-bond donors (Lipinski definition) is 1. The van der Waals surface area contributed by atoms with Crippen molar-refractivity contribution >= 4 is 11.6 Å². The lowest BCUT2D eigenvalue weighted by atomic mass is 10.0. The van der Waals surface area contributed by atoms with Crippen LogP contribution in [0.1, 0.15) is 22.9 Å². The lowest BCUT2D eigenvalue weighted by Crippen LogP contribution is -2.20. The van der Waals surface area contributed by atoms with Crippen LogP contribution in [-0.2, 0) is 0 Å². The van der Waals surface area contributed by atoms with Crippen LogP contribution in [0.15, 0.2) is 59.5 Å². The van der Waals surface area contributed by atoms with E-state index in [9.17, 15) is 0 Å². The maximum absolute atomic E-state index is 5.48. The molecule has 4 rings (SSSR count). The summed E-state index contributed by atoms with van der Waals surface area (Å²) in [5.74, 6) is 1.51. The second-order valence-corrected chi connectivity index (χ2v) is 5.07. The first-order valence-electron chi connectivity index (χ1n) is 6.80. The Labute approximate surface area is 121 Å². The summed E-state index contributed by atoms with van der Waals surface area (Å²) in [4.78, 5) is 4.27. The van der Waals surface area contributed by atoms with Crippen molar-refractivity contribution in [2.24, 2.45) is 0 Å². The van der Waals surface area contributed by atoms with Gasteiger partial charge in [0.1, 0.15) is 18.1 Å². The van der Waals surface area contributed by atoms with Gasteiger partial charge in [-0.3, -0.25) is 0 Å². The highest BCUT2D eigenvalue weighted by Gasteiger charge is 2.24. The summed E-state index contributed by atoms with van der Waals surface area (Å²) in [6.07, 6.45) is 5.33. The van der Waals surface area contributed by atoms with Gasteiger partial charge in [0.05, 0.1) is 12.0 Å². The first-order valence-corrected chi connectivity index (χ1v) is 6.80. The molecule has 0 amide bonds. The Morgan fingerprint density at radius 1 is 1.19 bits per heavy atom. The predicted molar refractivity (Wildman–Crippen MR) is 79.6 cm³/mol. The van der Waals surface area contributed by atoms with Crippen LogP contribution in [0.25, 0.3) is 5.70 Å². The van der Waals surface area contributed by atoms with Crippen molar-refractivity contribution in [3.63, 3.8) is 0 Å². The van der Waals surface area contributed by atoms with Gasteiger partial charge in [-0.25, -0.2) is 4.68 Å². The first kappa shape index (κ1) is 12.0. The highest BCUT2D eigenvalue weighted by atomic mass is 16.3. The van der Waals surface area contributed by atoms with Crippen molar-refractivity contribution in [2.75, 3.05) is 5.32 Å². The van der Waals surface area contributed by atoms with Crippen molar-refractivity contribution in [1.29, 1.82) is 0 Å². The van der Waals surface area contributed by atoms with Gasteiger partial charge in [-0.05, 0) is 30.7 Å². The molecule has 0 radical (unpaired) electrons. The molecular weight excluding hydrogens is 264 g/mol. The zero-order valence-corrected chi connectivity index (χ0v) is 11.5. The van der Waals surface area contributed by atoms with Crippen LogP contribution in [0.5, 0.6) is 0 Å². The predicted octanol–water partition coefficient (Wildman–Crippen LogP) is 3.24. The van der Waals surface area contributed by atoms with Crippen molar-refractivity contribution in [3.05, 3.63) is 72.0 Å². The number of nitrogens with zero attached hydrogens (tertiary/aromatic N) is 3. The number of benzene rings is 1. The summed E-state index contributed by atoms with van der Waals surface area (Å²) in [5.41, 5.74) is 3.31. The molecule has 0 aliphatic carbocycles. The molecule has 2 aromatic heterocycles. The van der Waals surface area contributed by atoms with Crippen molar-refractivity contribution < 1.29 is 4.42 Å². The van der Waals surface area contributed by atoms with E-state index in [1.54, 1.807) is 12.6 Å². The number of aromatic nitrogens is 3. The number of furan rings is 1. The zero-order chi connectivity index (χ0) is 14.2. The summed E-state index contributed by atoms with van der Waals surface area (Å²) < 4.78 is 7.35. The minimum Gasteiger partial charge on any atom is -0.463 e. The number of allylic oxidation sites excluding steroid dienone is 1. The molecular formula is C16H14N4O. The van der Waals surface area contributed by atoms with Crippen LogP contribution in [0, 0.1) is 6.92 Å². The monoisotopic (exact) mass is 278 g/mol. The van der Waals surface area contributed by atoms with E-state index in [0.717, 1.165) is 23.0 Å². The third-order valence-electron chi connectivity index (χ3n) is 3.61. The number of fused-ring (bicyclic) bond motifs is 1. The second-order valence-electron chi connectivity index (χ2n) is 5.07. The molecule has 1 aromatic carbocycles. The topological polar surface area (TPSA) is 55.9 Å². The minimum atomic E-state index is 0.00412. The molecule has 5 heteroatoms. The number of hydrogen-bond acceptors (Lipinski definition) is 4. The number of nitrogens with one attached hydrogen (secondary N) is 1. The van der Waals surface area contributed by atoms with Crippen LogP contribution in [0.4, 0.5) is 5.95 Å². The largest absolute Gasteiger partial charge is 0.463 e. The van der Waals surface area contributed by atoms with Crippen molar-refractivity contribution in [1.82, 2.24) is 14.8 Å². The van der Waals surface area contributed by atoms with E-state index in [4.69, 9.17) is 4.42 Å². The Balaban J connectivity index is 1.82. The van der Waals surface area contributed by atoms with Gasteiger partial charge in [0, 0.05) is 0 Å². The third-order valence-corrected chi connectivity index (χ3v) is 3.61. The molecule has 104 valence electrons. The molecule has 1 aliphatic heterocycles. The normalized spacial score (nSPS) is 17.0. The molecule has 0 spiro atoms. The van der Waals surface area contributed by atoms with E-state index in [2.05, 4.69) is 52.7 Å². The van der Waals surface area contributed by atoms with Gasteiger partial charge < -0.3 is 9.73 Å². The number of anilines is 1. The Kier molecular flexibility index (Phi) is 2.64. The standard InChI is InChI=1S/C16H14N4O/c1-11-4-6-12(7-5-11)14-9-13(15-3-2-8-21-15)19-16-17-10-18-20(14)16/h2-10,14H,1H3,(H,17,18,19). The van der Waals surface area contributed by atoms with Gasteiger partial charge >= 0.3 is 0 Å². The molecule has 1 atom stereocenters. The Morgan fingerprint density at radius 3 is 2.81 bits per heavy atom. The number of rotatable bonds is 2. The molecule has 5 nitrogen and oxygen atoms in total. The fraction of sp³-hybridized carbons (Fsp3) is 0.125.